The molecule has 0 saturated carbocycles. The number of amides is 1. The molecule has 0 fully saturated rings. The second kappa shape index (κ2) is 9.39. The number of halogens is 2. The first kappa shape index (κ1) is 22.2. The van der Waals surface area contributed by atoms with E-state index < -0.39 is 18.0 Å². The molecule has 28 heavy (non-hydrogen) atoms. The van der Waals surface area contributed by atoms with Gasteiger partial charge in [-0.2, -0.15) is 4.98 Å². The molecule has 1 atom stereocenters. The molecule has 7 nitrogen and oxygen atoms in total. The molecule has 152 valence electrons. The van der Waals surface area contributed by atoms with Crippen LogP contribution < -0.4 is 5.32 Å². The number of aromatic nitrogens is 2. The van der Waals surface area contributed by atoms with Crippen molar-refractivity contribution in [3.63, 3.8) is 0 Å². The van der Waals surface area contributed by atoms with Gasteiger partial charge in [-0.05, 0) is 31.5 Å². The van der Waals surface area contributed by atoms with Gasteiger partial charge in [0.1, 0.15) is 0 Å². The highest BCUT2D eigenvalue weighted by molar-refractivity contribution is 6.36. The lowest BCUT2D eigenvalue weighted by Gasteiger charge is -2.14. The Balaban J connectivity index is 1.77. The number of carbonyl (C=O) groups excluding carboxylic acids is 2. The van der Waals surface area contributed by atoms with E-state index in [1.165, 1.54) is 13.0 Å². The van der Waals surface area contributed by atoms with Gasteiger partial charge in [0, 0.05) is 23.3 Å². The zero-order valence-electron chi connectivity index (χ0n) is 16.2. The summed E-state index contributed by atoms with van der Waals surface area (Å²) in [5.74, 6) is 0.127. The molecule has 0 aliphatic carbocycles. The van der Waals surface area contributed by atoms with Gasteiger partial charge in [-0.15, -0.1) is 0 Å². The first-order valence-electron chi connectivity index (χ1n) is 8.84. The SMILES string of the molecule is CC(OC(=O)CCCc1nc(C(C)(C)C)no1)C(=O)Nc1ccc(Cl)cc1Cl. The van der Waals surface area contributed by atoms with Crippen LogP contribution in [0.4, 0.5) is 5.69 Å². The molecule has 2 aromatic rings. The molecule has 0 saturated heterocycles. The average Bonchev–Trinajstić information content (AvgIpc) is 3.06. The third-order valence-corrected chi connectivity index (χ3v) is 4.32. The maximum Gasteiger partial charge on any atom is 0.306 e. The van der Waals surface area contributed by atoms with Crippen molar-refractivity contribution in [1.82, 2.24) is 10.1 Å². The Hall–Kier alpha value is -2.12. The van der Waals surface area contributed by atoms with Crippen molar-refractivity contribution in [3.8, 4) is 0 Å². The first-order valence-corrected chi connectivity index (χ1v) is 9.60. The second-order valence-corrected chi connectivity index (χ2v) is 8.20. The number of hydrogen-bond acceptors (Lipinski definition) is 6. The van der Waals surface area contributed by atoms with E-state index in [4.69, 9.17) is 32.5 Å². The summed E-state index contributed by atoms with van der Waals surface area (Å²) in [6.45, 7) is 7.46. The van der Waals surface area contributed by atoms with Crippen LogP contribution in [0.15, 0.2) is 22.7 Å². The van der Waals surface area contributed by atoms with Gasteiger partial charge in [0.15, 0.2) is 11.9 Å². The topological polar surface area (TPSA) is 94.3 Å². The van der Waals surface area contributed by atoms with Crippen LogP contribution in [-0.4, -0.2) is 28.1 Å². The number of rotatable bonds is 7. The minimum absolute atomic E-state index is 0.132. The largest absolute Gasteiger partial charge is 0.453 e. The van der Waals surface area contributed by atoms with E-state index in [2.05, 4.69) is 15.5 Å². The number of ether oxygens (including phenoxy) is 1. The molecule has 0 aliphatic heterocycles. The second-order valence-electron chi connectivity index (χ2n) is 7.36. The highest BCUT2D eigenvalue weighted by Crippen LogP contribution is 2.25. The zero-order chi connectivity index (χ0) is 20.9. The minimum Gasteiger partial charge on any atom is -0.453 e. The van der Waals surface area contributed by atoms with Crippen LogP contribution in [0.25, 0.3) is 0 Å². The lowest BCUT2D eigenvalue weighted by Crippen LogP contribution is -2.30. The molecule has 1 aromatic carbocycles. The molecule has 9 heteroatoms. The van der Waals surface area contributed by atoms with Crippen molar-refractivity contribution < 1.29 is 18.8 Å². The van der Waals surface area contributed by atoms with E-state index in [0.717, 1.165) is 0 Å². The number of nitrogens with zero attached hydrogens (tertiary/aromatic N) is 2. The van der Waals surface area contributed by atoms with Gasteiger partial charge in [-0.1, -0.05) is 49.1 Å². The maximum atomic E-state index is 12.2. The number of carbonyl (C=O) groups is 2. The Bertz CT molecular complexity index is 846. The Labute approximate surface area is 173 Å². The highest BCUT2D eigenvalue weighted by Gasteiger charge is 2.22. The van der Waals surface area contributed by atoms with E-state index in [-0.39, 0.29) is 11.8 Å². The number of esters is 1. The predicted molar refractivity (Wildman–Crippen MR) is 107 cm³/mol. The van der Waals surface area contributed by atoms with Crippen molar-refractivity contribution >= 4 is 40.8 Å². The quantitative estimate of drug-likeness (QED) is 0.650. The lowest BCUT2D eigenvalue weighted by atomic mass is 9.96. The van der Waals surface area contributed by atoms with Crippen molar-refractivity contribution in [1.29, 1.82) is 0 Å². The predicted octanol–water partition coefficient (Wildman–Crippen LogP) is 4.57. The smallest absolute Gasteiger partial charge is 0.306 e. The van der Waals surface area contributed by atoms with Crippen molar-refractivity contribution in [2.45, 2.75) is 58.5 Å². The van der Waals surface area contributed by atoms with Crippen LogP contribution >= 0.6 is 23.2 Å². The van der Waals surface area contributed by atoms with Crippen LogP contribution in [0.5, 0.6) is 0 Å². The van der Waals surface area contributed by atoms with Crippen LogP contribution in [0.1, 0.15) is 52.3 Å². The van der Waals surface area contributed by atoms with Gasteiger partial charge in [0.25, 0.3) is 5.91 Å². The summed E-state index contributed by atoms with van der Waals surface area (Å²) in [5.41, 5.74) is 0.196. The number of anilines is 1. The molecule has 0 bridgehead atoms. The van der Waals surface area contributed by atoms with Gasteiger partial charge < -0.3 is 14.6 Å². The Morgan fingerprint density at radius 3 is 2.61 bits per heavy atom. The van der Waals surface area contributed by atoms with Crippen LogP contribution in [0, 0.1) is 0 Å². The normalized spacial score (nSPS) is 12.5. The maximum absolute atomic E-state index is 12.2. The number of hydrogen-bond donors (Lipinski definition) is 1. The van der Waals surface area contributed by atoms with E-state index in [9.17, 15) is 9.59 Å². The molecule has 1 unspecified atom stereocenters. The van der Waals surface area contributed by atoms with Gasteiger partial charge in [-0.25, -0.2) is 0 Å². The van der Waals surface area contributed by atoms with E-state index in [1.54, 1.807) is 12.1 Å². The third-order valence-electron chi connectivity index (χ3n) is 3.78. The number of benzene rings is 1. The monoisotopic (exact) mass is 427 g/mol. The third kappa shape index (κ3) is 6.49. The molecule has 0 aliphatic rings. The number of nitrogens with one attached hydrogen (secondary N) is 1. The molecule has 2 rings (SSSR count). The fraction of sp³-hybridized carbons (Fsp3) is 0.474. The van der Waals surface area contributed by atoms with Gasteiger partial charge in [0.2, 0.25) is 5.89 Å². The molecule has 0 spiro atoms. The summed E-state index contributed by atoms with van der Waals surface area (Å²) in [7, 11) is 0. The summed E-state index contributed by atoms with van der Waals surface area (Å²) >= 11 is 11.8. The summed E-state index contributed by atoms with van der Waals surface area (Å²) in [6, 6.07) is 4.69. The van der Waals surface area contributed by atoms with Crippen molar-refractivity contribution in [2.24, 2.45) is 0 Å². The summed E-state index contributed by atoms with van der Waals surface area (Å²) in [5, 5.41) is 7.29. The first-order chi connectivity index (χ1) is 13.1. The van der Waals surface area contributed by atoms with Gasteiger partial charge in [0.05, 0.1) is 10.7 Å². The molecule has 1 N–H and O–H groups in total. The van der Waals surface area contributed by atoms with Gasteiger partial charge in [-0.3, -0.25) is 9.59 Å². The summed E-state index contributed by atoms with van der Waals surface area (Å²) < 4.78 is 10.3. The van der Waals surface area contributed by atoms with E-state index >= 15 is 0 Å². The Morgan fingerprint density at radius 1 is 1.29 bits per heavy atom. The van der Waals surface area contributed by atoms with Crippen LogP contribution in [0.2, 0.25) is 10.0 Å². The number of aryl methyl sites for hydroxylation is 1. The summed E-state index contributed by atoms with van der Waals surface area (Å²) in [6.07, 6.45) is 0.100. The molecular weight excluding hydrogens is 405 g/mol. The molecule has 1 aromatic heterocycles. The van der Waals surface area contributed by atoms with Gasteiger partial charge >= 0.3 is 5.97 Å². The fourth-order valence-corrected chi connectivity index (χ4v) is 2.64. The fourth-order valence-electron chi connectivity index (χ4n) is 2.18. The van der Waals surface area contributed by atoms with E-state index in [0.29, 0.717) is 40.3 Å². The Morgan fingerprint density at radius 2 is 2.00 bits per heavy atom. The summed E-state index contributed by atoms with van der Waals surface area (Å²) in [4.78, 5) is 28.4. The van der Waals surface area contributed by atoms with Crippen LogP contribution in [0.3, 0.4) is 0 Å². The van der Waals surface area contributed by atoms with Crippen LogP contribution in [-0.2, 0) is 26.2 Å². The van der Waals surface area contributed by atoms with E-state index in [1.807, 2.05) is 20.8 Å². The standard InChI is InChI=1S/C19H23Cl2N3O4/c1-11(17(26)22-14-9-8-12(20)10-13(14)21)27-16(25)7-5-6-15-23-18(24-28-15)19(2,3)4/h8-11H,5-7H2,1-4H3,(H,22,26). The molecule has 1 heterocycles. The molecule has 1 amide bonds. The lowest BCUT2D eigenvalue weighted by molar-refractivity contribution is -0.153. The Kier molecular flexibility index (Phi) is 7.43. The van der Waals surface area contributed by atoms with Crippen molar-refractivity contribution in [3.05, 3.63) is 40.0 Å². The highest BCUT2D eigenvalue weighted by atomic mass is 35.5. The minimum atomic E-state index is -0.963. The molecule has 0 radical (unpaired) electrons. The zero-order valence-corrected chi connectivity index (χ0v) is 17.7. The average molecular weight is 428 g/mol. The molecular formula is C19H23Cl2N3O4. The van der Waals surface area contributed by atoms with Crippen molar-refractivity contribution in [2.75, 3.05) is 5.32 Å².